The Morgan fingerprint density at radius 1 is 1.83 bits per heavy atom. The van der Waals surface area contributed by atoms with E-state index in [-0.39, 0.29) is 18.1 Å². The number of aromatic hydroxyl groups is 1. The molecule has 0 aliphatic rings. The Kier molecular flexibility index (Phi) is 2.32. The first-order chi connectivity index (χ1) is 5.65. The molecule has 1 aromatic heterocycles. The highest BCUT2D eigenvalue weighted by Crippen LogP contribution is 2.14. The van der Waals surface area contributed by atoms with Gasteiger partial charge < -0.3 is 9.84 Å². The van der Waals surface area contributed by atoms with Crippen LogP contribution in [0.5, 0.6) is 5.75 Å². The Morgan fingerprint density at radius 2 is 2.50 bits per heavy atom. The summed E-state index contributed by atoms with van der Waals surface area (Å²) in [6, 6.07) is 0. The fourth-order valence-electron chi connectivity index (χ4n) is 0.821. The van der Waals surface area contributed by atoms with E-state index in [4.69, 9.17) is 5.11 Å². The highest BCUT2D eigenvalue weighted by Gasteiger charge is 2.15. The molecule has 0 aliphatic heterocycles. The highest BCUT2D eigenvalue weighted by atomic mass is 16.5. The number of esters is 1. The molecule has 0 unspecified atom stereocenters. The molecular weight excluding hydrogens is 160 g/mol. The van der Waals surface area contributed by atoms with E-state index in [0.717, 1.165) is 0 Å². The summed E-state index contributed by atoms with van der Waals surface area (Å²) in [4.78, 5) is 11.0. The predicted octanol–water partition coefficient (Wildman–Crippen LogP) is 0.302. The van der Waals surface area contributed by atoms with Gasteiger partial charge in [-0.3, -0.25) is 4.68 Å². The van der Waals surface area contributed by atoms with Crippen LogP contribution in [0.1, 0.15) is 17.4 Å². The Morgan fingerprint density at radius 3 is 2.92 bits per heavy atom. The summed E-state index contributed by atoms with van der Waals surface area (Å²) in [6.07, 6.45) is 1.34. The van der Waals surface area contributed by atoms with Crippen LogP contribution >= 0.6 is 0 Å². The quantitative estimate of drug-likeness (QED) is 0.648. The molecule has 0 atom stereocenters. The predicted molar refractivity (Wildman–Crippen MR) is 40.8 cm³/mol. The number of nitrogens with zero attached hydrogens (tertiary/aromatic N) is 2. The van der Waals surface area contributed by atoms with Gasteiger partial charge in [-0.25, -0.2) is 4.79 Å². The summed E-state index contributed by atoms with van der Waals surface area (Å²) in [6.45, 7) is 1.97. The number of hydrogen-bond acceptors (Lipinski definition) is 4. The van der Waals surface area contributed by atoms with Crippen LogP contribution in [0.4, 0.5) is 0 Å². The van der Waals surface area contributed by atoms with E-state index in [1.807, 2.05) is 0 Å². The van der Waals surface area contributed by atoms with Crippen molar-refractivity contribution in [2.75, 3.05) is 6.61 Å². The van der Waals surface area contributed by atoms with E-state index in [0.29, 0.717) is 0 Å². The zero-order chi connectivity index (χ0) is 9.14. The number of hydrogen-bond donors (Lipinski definition) is 1. The summed E-state index contributed by atoms with van der Waals surface area (Å²) in [5.74, 6) is -0.758. The first kappa shape index (κ1) is 8.58. The summed E-state index contributed by atoms with van der Waals surface area (Å²) >= 11 is 0. The smallest absolute Gasteiger partial charge is 0.362 e. The van der Waals surface area contributed by atoms with Gasteiger partial charge in [0.2, 0.25) is 5.69 Å². The minimum absolute atomic E-state index is 0.0423. The molecule has 0 aromatic carbocycles. The monoisotopic (exact) mass is 170 g/mol. The third-order valence-corrected chi connectivity index (χ3v) is 1.28. The second kappa shape index (κ2) is 3.25. The van der Waals surface area contributed by atoms with Crippen molar-refractivity contribution in [1.82, 2.24) is 9.78 Å². The van der Waals surface area contributed by atoms with Crippen molar-refractivity contribution in [3.8, 4) is 5.75 Å². The zero-order valence-electron chi connectivity index (χ0n) is 6.94. The lowest BCUT2D eigenvalue weighted by Gasteiger charge is -1.96. The lowest BCUT2D eigenvalue weighted by molar-refractivity contribution is 0.0515. The van der Waals surface area contributed by atoms with Crippen LogP contribution in [-0.4, -0.2) is 27.5 Å². The molecule has 0 saturated heterocycles. The molecule has 5 heteroatoms. The molecule has 0 spiro atoms. The van der Waals surface area contributed by atoms with Gasteiger partial charge in [-0.15, -0.1) is 0 Å². The van der Waals surface area contributed by atoms with Gasteiger partial charge in [0.1, 0.15) is 0 Å². The maximum Gasteiger partial charge on any atom is 0.362 e. The molecular formula is C7H10N2O3. The molecule has 0 saturated carbocycles. The van der Waals surface area contributed by atoms with Crippen molar-refractivity contribution < 1.29 is 14.6 Å². The van der Waals surface area contributed by atoms with Gasteiger partial charge in [0.05, 0.1) is 12.8 Å². The standard InChI is InChI=1S/C7H10N2O3/c1-3-12-7(11)6-5(10)4-9(2)8-6/h4,10H,3H2,1-2H3. The Balaban J connectivity index is 2.87. The minimum atomic E-state index is -0.601. The van der Waals surface area contributed by atoms with Gasteiger partial charge in [-0.2, -0.15) is 5.10 Å². The van der Waals surface area contributed by atoms with Crippen molar-refractivity contribution >= 4 is 5.97 Å². The number of rotatable bonds is 2. The maximum absolute atomic E-state index is 11.0. The van der Waals surface area contributed by atoms with Crippen molar-refractivity contribution in [3.63, 3.8) is 0 Å². The number of aryl methyl sites for hydroxylation is 1. The molecule has 12 heavy (non-hydrogen) atoms. The number of carbonyl (C=O) groups excluding carboxylic acids is 1. The average Bonchev–Trinajstić information content (AvgIpc) is 2.30. The van der Waals surface area contributed by atoms with Gasteiger partial charge in [-0.05, 0) is 6.92 Å². The van der Waals surface area contributed by atoms with E-state index in [1.165, 1.54) is 10.9 Å². The van der Waals surface area contributed by atoms with Crippen molar-refractivity contribution in [3.05, 3.63) is 11.9 Å². The largest absolute Gasteiger partial charge is 0.504 e. The minimum Gasteiger partial charge on any atom is -0.504 e. The summed E-state index contributed by atoms with van der Waals surface area (Å²) in [5.41, 5.74) is -0.0423. The van der Waals surface area contributed by atoms with Crippen molar-refractivity contribution in [2.45, 2.75) is 6.92 Å². The highest BCUT2D eigenvalue weighted by molar-refractivity contribution is 5.89. The van der Waals surface area contributed by atoms with Gasteiger partial charge in [-0.1, -0.05) is 0 Å². The van der Waals surface area contributed by atoms with E-state index in [1.54, 1.807) is 14.0 Å². The fraction of sp³-hybridized carbons (Fsp3) is 0.429. The van der Waals surface area contributed by atoms with Gasteiger partial charge in [0.25, 0.3) is 0 Å². The fourth-order valence-corrected chi connectivity index (χ4v) is 0.821. The Bertz CT molecular complexity index is 293. The molecule has 5 nitrogen and oxygen atoms in total. The lowest BCUT2D eigenvalue weighted by atomic mass is 10.4. The average molecular weight is 170 g/mol. The van der Waals surface area contributed by atoms with Crippen LogP contribution in [0, 0.1) is 0 Å². The topological polar surface area (TPSA) is 64.3 Å². The maximum atomic E-state index is 11.0. The second-order valence-electron chi connectivity index (χ2n) is 2.26. The number of carbonyl (C=O) groups is 1. The van der Waals surface area contributed by atoms with E-state index in [9.17, 15) is 4.79 Å². The summed E-state index contributed by atoms with van der Waals surface area (Å²) in [7, 11) is 1.61. The van der Waals surface area contributed by atoms with Crippen LogP contribution in [0.3, 0.4) is 0 Å². The molecule has 1 N–H and O–H groups in total. The Hall–Kier alpha value is -1.52. The van der Waals surface area contributed by atoms with Crippen molar-refractivity contribution in [1.29, 1.82) is 0 Å². The molecule has 0 radical (unpaired) electrons. The van der Waals surface area contributed by atoms with E-state index < -0.39 is 5.97 Å². The van der Waals surface area contributed by atoms with E-state index >= 15 is 0 Å². The van der Waals surface area contributed by atoms with Crippen LogP contribution in [0.2, 0.25) is 0 Å². The SMILES string of the molecule is CCOC(=O)c1nn(C)cc1O. The summed E-state index contributed by atoms with van der Waals surface area (Å²) in [5, 5.41) is 12.9. The van der Waals surface area contributed by atoms with E-state index in [2.05, 4.69) is 9.84 Å². The molecule has 66 valence electrons. The number of aromatic nitrogens is 2. The molecule has 1 heterocycles. The Labute approximate surface area is 69.6 Å². The van der Waals surface area contributed by atoms with Crippen molar-refractivity contribution in [2.24, 2.45) is 7.05 Å². The van der Waals surface area contributed by atoms with Crippen LogP contribution < -0.4 is 0 Å². The van der Waals surface area contributed by atoms with Crippen LogP contribution in [-0.2, 0) is 11.8 Å². The third kappa shape index (κ3) is 1.55. The lowest BCUT2D eigenvalue weighted by Crippen LogP contribution is -2.06. The molecule has 0 amide bonds. The molecule has 1 aromatic rings. The molecule has 0 aliphatic carbocycles. The van der Waals surface area contributed by atoms with Gasteiger partial charge in [0, 0.05) is 7.05 Å². The van der Waals surface area contributed by atoms with Gasteiger partial charge >= 0.3 is 5.97 Å². The summed E-state index contributed by atoms with van der Waals surface area (Å²) < 4.78 is 6.00. The molecule has 1 rings (SSSR count). The van der Waals surface area contributed by atoms with Gasteiger partial charge in [0.15, 0.2) is 5.75 Å². The zero-order valence-corrected chi connectivity index (χ0v) is 6.94. The first-order valence-electron chi connectivity index (χ1n) is 3.55. The first-order valence-corrected chi connectivity index (χ1v) is 3.55. The third-order valence-electron chi connectivity index (χ3n) is 1.28. The van der Waals surface area contributed by atoms with Crippen LogP contribution in [0.25, 0.3) is 0 Å². The second-order valence-corrected chi connectivity index (χ2v) is 2.26. The normalized spacial score (nSPS) is 9.83. The molecule has 0 fully saturated rings. The molecule has 0 bridgehead atoms. The van der Waals surface area contributed by atoms with Crippen LogP contribution in [0.15, 0.2) is 6.20 Å². The number of ether oxygens (including phenoxy) is 1.